The smallest absolute Gasteiger partial charge is 0.273 e. The molecule has 29 heavy (non-hydrogen) atoms. The maximum atomic E-state index is 12.8. The summed E-state index contributed by atoms with van der Waals surface area (Å²) in [4.78, 5) is 16.9. The van der Waals surface area contributed by atoms with Crippen LogP contribution in [0, 0.1) is 12.8 Å². The number of rotatable bonds is 6. The number of nitrogens with zero attached hydrogens (tertiary/aromatic N) is 4. The Balaban J connectivity index is 1.27. The molecule has 1 amide bonds. The zero-order valence-electron chi connectivity index (χ0n) is 16.6. The Morgan fingerprint density at radius 1 is 1.07 bits per heavy atom. The van der Waals surface area contributed by atoms with Gasteiger partial charge in [0.25, 0.3) is 5.91 Å². The van der Waals surface area contributed by atoms with Crippen LogP contribution < -0.4 is 5.32 Å². The molecule has 2 aliphatic heterocycles. The van der Waals surface area contributed by atoms with E-state index in [9.17, 15) is 4.79 Å². The molecule has 148 valence electrons. The Hall–Kier alpha value is -2.99. The van der Waals surface area contributed by atoms with Crippen LogP contribution in [0.1, 0.15) is 34.6 Å². The molecule has 1 aliphatic carbocycles. The minimum Gasteiger partial charge on any atom is -0.349 e. The van der Waals surface area contributed by atoms with Gasteiger partial charge in [-0.05, 0) is 43.4 Å². The molecule has 2 saturated heterocycles. The number of fused-ring (bicyclic) bond motifs is 1. The van der Waals surface area contributed by atoms with Gasteiger partial charge >= 0.3 is 0 Å². The molecule has 0 atom stereocenters. The number of carbonyl (C=O) groups excluding carboxylic acids is 1. The number of para-hydroxylation sites is 1. The molecule has 0 radical (unpaired) electrons. The van der Waals surface area contributed by atoms with Crippen molar-refractivity contribution in [2.24, 2.45) is 5.92 Å². The van der Waals surface area contributed by atoms with Crippen molar-refractivity contribution in [2.45, 2.75) is 31.8 Å². The molecule has 1 saturated carbocycles. The third-order valence-electron chi connectivity index (χ3n) is 6.27. The van der Waals surface area contributed by atoms with Crippen molar-refractivity contribution in [3.05, 3.63) is 77.6 Å². The molecule has 3 aromatic rings. The number of aryl methyl sites for hydroxylation is 1. The van der Waals surface area contributed by atoms with Crippen LogP contribution in [0.15, 0.2) is 60.7 Å². The highest BCUT2D eigenvalue weighted by molar-refractivity contribution is 5.93. The molecule has 3 heterocycles. The SMILES string of the molecule is Cc1nn(-c2ccccc2)nc1C(=O)NCC12CC(CN1Cc1ccccc1)C2. The van der Waals surface area contributed by atoms with Gasteiger partial charge in [0.15, 0.2) is 5.69 Å². The Bertz CT molecular complexity index is 1010. The lowest BCUT2D eigenvalue weighted by Gasteiger charge is -2.42. The van der Waals surface area contributed by atoms with E-state index >= 15 is 0 Å². The van der Waals surface area contributed by atoms with Gasteiger partial charge in [-0.1, -0.05) is 48.5 Å². The van der Waals surface area contributed by atoms with Crippen LogP contribution in [0.5, 0.6) is 0 Å². The Labute approximate surface area is 170 Å². The fourth-order valence-electron chi connectivity index (χ4n) is 4.79. The third kappa shape index (κ3) is 3.34. The predicted octanol–water partition coefficient (Wildman–Crippen LogP) is 2.97. The largest absolute Gasteiger partial charge is 0.349 e. The first-order valence-corrected chi connectivity index (χ1v) is 10.2. The van der Waals surface area contributed by atoms with Gasteiger partial charge in [0.2, 0.25) is 0 Å². The molecule has 6 heteroatoms. The Morgan fingerprint density at radius 3 is 2.48 bits per heavy atom. The quantitative estimate of drug-likeness (QED) is 0.706. The number of hydrogen-bond donors (Lipinski definition) is 1. The predicted molar refractivity (Wildman–Crippen MR) is 111 cm³/mol. The first-order valence-electron chi connectivity index (χ1n) is 10.2. The van der Waals surface area contributed by atoms with Gasteiger partial charge in [0.1, 0.15) is 0 Å². The van der Waals surface area contributed by atoms with Crippen molar-refractivity contribution in [3.8, 4) is 5.69 Å². The summed E-state index contributed by atoms with van der Waals surface area (Å²) in [6, 6.07) is 20.2. The van der Waals surface area contributed by atoms with Crippen LogP contribution in [-0.2, 0) is 6.54 Å². The number of amides is 1. The van der Waals surface area contributed by atoms with Crippen molar-refractivity contribution in [1.29, 1.82) is 0 Å². The van der Waals surface area contributed by atoms with E-state index in [0.29, 0.717) is 17.9 Å². The van der Waals surface area contributed by atoms with Crippen molar-refractivity contribution >= 4 is 5.91 Å². The van der Waals surface area contributed by atoms with Crippen LogP contribution in [-0.4, -0.2) is 44.4 Å². The van der Waals surface area contributed by atoms with E-state index in [0.717, 1.165) is 37.5 Å². The van der Waals surface area contributed by atoms with Gasteiger partial charge in [-0.25, -0.2) is 0 Å². The summed E-state index contributed by atoms with van der Waals surface area (Å²) in [6.07, 6.45) is 2.33. The van der Waals surface area contributed by atoms with E-state index < -0.39 is 0 Å². The second-order valence-electron chi connectivity index (χ2n) is 8.31. The zero-order chi connectivity index (χ0) is 19.8. The van der Waals surface area contributed by atoms with E-state index in [1.54, 1.807) is 0 Å². The molecular formula is C23H25N5O. The number of nitrogens with one attached hydrogen (secondary N) is 1. The van der Waals surface area contributed by atoms with Crippen LogP contribution in [0.3, 0.4) is 0 Å². The average Bonchev–Trinajstić information content (AvgIpc) is 3.38. The molecule has 1 N–H and O–H groups in total. The summed E-state index contributed by atoms with van der Waals surface area (Å²) in [5.41, 5.74) is 3.29. The van der Waals surface area contributed by atoms with Gasteiger partial charge in [-0.2, -0.15) is 9.90 Å². The van der Waals surface area contributed by atoms with Gasteiger partial charge in [0, 0.05) is 25.2 Å². The molecule has 0 spiro atoms. The van der Waals surface area contributed by atoms with Crippen molar-refractivity contribution in [2.75, 3.05) is 13.1 Å². The van der Waals surface area contributed by atoms with Crippen molar-refractivity contribution in [3.63, 3.8) is 0 Å². The fraction of sp³-hybridized carbons (Fsp3) is 0.348. The monoisotopic (exact) mass is 387 g/mol. The second kappa shape index (κ2) is 7.12. The summed E-state index contributed by atoms with van der Waals surface area (Å²) in [6.45, 7) is 4.55. The van der Waals surface area contributed by atoms with E-state index in [1.165, 1.54) is 10.4 Å². The molecule has 3 fully saturated rings. The maximum absolute atomic E-state index is 12.8. The van der Waals surface area contributed by atoms with E-state index in [1.807, 2.05) is 43.3 Å². The highest BCUT2D eigenvalue weighted by Crippen LogP contribution is 2.50. The molecule has 6 rings (SSSR count). The number of carbonyl (C=O) groups is 1. The number of benzene rings is 2. The highest BCUT2D eigenvalue weighted by Gasteiger charge is 2.55. The zero-order valence-corrected chi connectivity index (χ0v) is 16.6. The summed E-state index contributed by atoms with van der Waals surface area (Å²) >= 11 is 0. The molecule has 0 unspecified atom stereocenters. The minimum atomic E-state index is -0.144. The van der Waals surface area contributed by atoms with Crippen LogP contribution >= 0.6 is 0 Å². The van der Waals surface area contributed by atoms with Crippen LogP contribution in [0.4, 0.5) is 0 Å². The second-order valence-corrected chi connectivity index (χ2v) is 8.31. The highest BCUT2D eigenvalue weighted by atomic mass is 16.2. The first-order chi connectivity index (χ1) is 14.1. The van der Waals surface area contributed by atoms with Gasteiger partial charge in [-0.3, -0.25) is 9.69 Å². The topological polar surface area (TPSA) is 63.1 Å². The third-order valence-corrected chi connectivity index (χ3v) is 6.27. The standard InChI is InChI=1S/C23H25N5O/c1-17-21(26-28(25-17)20-10-6-3-7-11-20)22(29)24-16-23-12-19(13-23)15-27(23)14-18-8-4-2-5-9-18/h2-11,19H,12-16H2,1H3,(H,24,29). The molecule has 6 nitrogen and oxygen atoms in total. The van der Waals surface area contributed by atoms with Gasteiger partial charge in [0.05, 0.1) is 11.4 Å². The molecule has 2 bridgehead atoms. The lowest BCUT2D eigenvalue weighted by atomic mass is 9.73. The number of hydrogen-bond acceptors (Lipinski definition) is 4. The summed E-state index contributed by atoms with van der Waals surface area (Å²) in [7, 11) is 0. The molecule has 2 aromatic carbocycles. The molecule has 1 aromatic heterocycles. The first kappa shape index (κ1) is 18.1. The van der Waals surface area contributed by atoms with E-state index in [2.05, 4.69) is 44.7 Å². The minimum absolute atomic E-state index is 0.0828. The number of aromatic nitrogens is 3. The fourth-order valence-corrected chi connectivity index (χ4v) is 4.79. The average molecular weight is 387 g/mol. The van der Waals surface area contributed by atoms with Crippen LogP contribution in [0.25, 0.3) is 5.69 Å². The van der Waals surface area contributed by atoms with E-state index in [4.69, 9.17) is 0 Å². The van der Waals surface area contributed by atoms with Crippen molar-refractivity contribution < 1.29 is 4.79 Å². The van der Waals surface area contributed by atoms with Crippen molar-refractivity contribution in [1.82, 2.24) is 25.2 Å². The Kier molecular flexibility index (Phi) is 4.43. The summed E-state index contributed by atoms with van der Waals surface area (Å²) in [5, 5.41) is 12.0. The van der Waals surface area contributed by atoms with Gasteiger partial charge in [-0.15, -0.1) is 5.10 Å². The molecule has 3 aliphatic rings. The maximum Gasteiger partial charge on any atom is 0.273 e. The molecular weight excluding hydrogens is 362 g/mol. The summed E-state index contributed by atoms with van der Waals surface area (Å²) < 4.78 is 0. The lowest BCUT2D eigenvalue weighted by molar-refractivity contribution is 0.0794. The summed E-state index contributed by atoms with van der Waals surface area (Å²) in [5.74, 6) is 0.616. The van der Waals surface area contributed by atoms with E-state index in [-0.39, 0.29) is 11.4 Å². The normalized spacial score (nSPS) is 23.0. The Morgan fingerprint density at radius 2 is 1.76 bits per heavy atom. The van der Waals surface area contributed by atoms with Gasteiger partial charge < -0.3 is 5.32 Å². The lowest BCUT2D eigenvalue weighted by Crippen LogP contribution is -2.53. The van der Waals surface area contributed by atoms with Crippen LogP contribution in [0.2, 0.25) is 0 Å².